The van der Waals surface area contributed by atoms with Gasteiger partial charge in [-0.05, 0) is 38.0 Å². The Balaban J connectivity index is 1.85. The SMILES string of the molecule is CCC(C)NC(=O)CCNc1nc2cc(C)ccn2n1. The Labute approximate surface area is 118 Å². The summed E-state index contributed by atoms with van der Waals surface area (Å²) in [5.41, 5.74) is 1.95. The van der Waals surface area contributed by atoms with E-state index in [0.717, 1.165) is 17.6 Å². The summed E-state index contributed by atoms with van der Waals surface area (Å²) < 4.78 is 1.72. The smallest absolute Gasteiger partial charge is 0.243 e. The molecule has 2 aromatic heterocycles. The first-order valence-corrected chi connectivity index (χ1v) is 6.94. The van der Waals surface area contributed by atoms with Crippen molar-refractivity contribution in [3.05, 3.63) is 23.9 Å². The highest BCUT2D eigenvalue weighted by atomic mass is 16.1. The number of nitrogens with one attached hydrogen (secondary N) is 2. The molecular weight excluding hydrogens is 254 g/mol. The van der Waals surface area contributed by atoms with E-state index in [9.17, 15) is 4.79 Å². The van der Waals surface area contributed by atoms with Crippen LogP contribution in [0.25, 0.3) is 5.65 Å². The third-order valence-corrected chi connectivity index (χ3v) is 3.15. The molecule has 0 aliphatic rings. The molecule has 1 unspecified atom stereocenters. The minimum Gasteiger partial charge on any atom is -0.354 e. The zero-order valence-corrected chi connectivity index (χ0v) is 12.2. The monoisotopic (exact) mass is 275 g/mol. The fraction of sp³-hybridized carbons (Fsp3) is 0.500. The molecule has 0 radical (unpaired) electrons. The van der Waals surface area contributed by atoms with Crippen molar-refractivity contribution >= 4 is 17.5 Å². The molecule has 0 saturated carbocycles. The molecule has 6 nitrogen and oxygen atoms in total. The van der Waals surface area contributed by atoms with Crippen LogP contribution in [0.4, 0.5) is 5.95 Å². The Morgan fingerprint density at radius 1 is 1.50 bits per heavy atom. The van der Waals surface area contributed by atoms with Crippen LogP contribution >= 0.6 is 0 Å². The number of carbonyl (C=O) groups excluding carboxylic acids is 1. The van der Waals surface area contributed by atoms with Crippen molar-refractivity contribution in [2.24, 2.45) is 0 Å². The van der Waals surface area contributed by atoms with Gasteiger partial charge in [0, 0.05) is 25.2 Å². The summed E-state index contributed by atoms with van der Waals surface area (Å²) in [5.74, 6) is 0.596. The molecule has 6 heteroatoms. The maximum absolute atomic E-state index is 11.6. The van der Waals surface area contributed by atoms with E-state index in [1.165, 1.54) is 0 Å². The highest BCUT2D eigenvalue weighted by Gasteiger charge is 2.06. The number of hydrogen-bond donors (Lipinski definition) is 2. The quantitative estimate of drug-likeness (QED) is 0.842. The number of fused-ring (bicyclic) bond motifs is 1. The van der Waals surface area contributed by atoms with Crippen LogP contribution in [0.5, 0.6) is 0 Å². The lowest BCUT2D eigenvalue weighted by Gasteiger charge is -2.10. The average molecular weight is 275 g/mol. The minimum absolute atomic E-state index is 0.0476. The fourth-order valence-corrected chi connectivity index (χ4v) is 1.80. The van der Waals surface area contributed by atoms with Crippen molar-refractivity contribution in [3.8, 4) is 0 Å². The Morgan fingerprint density at radius 2 is 2.30 bits per heavy atom. The molecule has 2 heterocycles. The van der Waals surface area contributed by atoms with Gasteiger partial charge in [0.05, 0.1) is 0 Å². The van der Waals surface area contributed by atoms with Crippen molar-refractivity contribution in [2.75, 3.05) is 11.9 Å². The molecule has 0 aliphatic carbocycles. The van der Waals surface area contributed by atoms with Crippen LogP contribution in [0.15, 0.2) is 18.3 Å². The number of aromatic nitrogens is 3. The van der Waals surface area contributed by atoms with Crippen LogP contribution in [0.3, 0.4) is 0 Å². The Morgan fingerprint density at radius 3 is 3.05 bits per heavy atom. The molecule has 0 fully saturated rings. The number of pyridine rings is 1. The van der Waals surface area contributed by atoms with Gasteiger partial charge < -0.3 is 10.6 Å². The Bertz CT molecular complexity index is 592. The van der Waals surface area contributed by atoms with Gasteiger partial charge in [0.25, 0.3) is 0 Å². The highest BCUT2D eigenvalue weighted by Crippen LogP contribution is 2.07. The van der Waals surface area contributed by atoms with Gasteiger partial charge in [0.2, 0.25) is 11.9 Å². The second-order valence-electron chi connectivity index (χ2n) is 5.00. The second-order valence-corrected chi connectivity index (χ2v) is 5.00. The van der Waals surface area contributed by atoms with E-state index >= 15 is 0 Å². The van der Waals surface area contributed by atoms with Gasteiger partial charge in [0.1, 0.15) is 0 Å². The van der Waals surface area contributed by atoms with E-state index in [-0.39, 0.29) is 11.9 Å². The number of anilines is 1. The van der Waals surface area contributed by atoms with Crippen LogP contribution in [0, 0.1) is 6.92 Å². The van der Waals surface area contributed by atoms with Gasteiger partial charge in [0.15, 0.2) is 5.65 Å². The molecule has 1 amide bonds. The van der Waals surface area contributed by atoms with E-state index in [1.54, 1.807) is 4.52 Å². The lowest BCUT2D eigenvalue weighted by Crippen LogP contribution is -2.33. The first kappa shape index (κ1) is 14.3. The molecule has 0 aromatic carbocycles. The largest absolute Gasteiger partial charge is 0.354 e. The summed E-state index contributed by atoms with van der Waals surface area (Å²) in [4.78, 5) is 16.0. The number of rotatable bonds is 6. The summed E-state index contributed by atoms with van der Waals surface area (Å²) in [6.45, 7) is 6.59. The van der Waals surface area contributed by atoms with Crippen molar-refractivity contribution in [2.45, 2.75) is 39.7 Å². The van der Waals surface area contributed by atoms with Gasteiger partial charge in [-0.3, -0.25) is 4.79 Å². The first-order valence-electron chi connectivity index (χ1n) is 6.94. The zero-order valence-electron chi connectivity index (χ0n) is 12.2. The lowest BCUT2D eigenvalue weighted by atomic mass is 10.2. The van der Waals surface area contributed by atoms with Crippen molar-refractivity contribution in [1.29, 1.82) is 0 Å². The van der Waals surface area contributed by atoms with Gasteiger partial charge in [-0.2, -0.15) is 4.98 Å². The molecule has 1 atom stereocenters. The maximum atomic E-state index is 11.6. The molecular formula is C14H21N5O. The molecule has 2 rings (SSSR count). The van der Waals surface area contributed by atoms with Crippen LogP contribution < -0.4 is 10.6 Å². The normalized spacial score (nSPS) is 12.3. The van der Waals surface area contributed by atoms with Crippen LogP contribution in [0.2, 0.25) is 0 Å². The lowest BCUT2D eigenvalue weighted by molar-refractivity contribution is -0.121. The third kappa shape index (κ3) is 3.69. The average Bonchev–Trinajstić information content (AvgIpc) is 2.80. The fourth-order valence-electron chi connectivity index (χ4n) is 1.80. The Kier molecular flexibility index (Phi) is 4.55. The standard InChI is InChI=1S/C14H21N5O/c1-4-11(3)16-13(20)5-7-15-14-17-12-9-10(2)6-8-19(12)18-14/h6,8-9,11H,4-5,7H2,1-3H3,(H,15,18)(H,16,20). The van der Waals surface area contributed by atoms with E-state index in [2.05, 4.69) is 20.7 Å². The van der Waals surface area contributed by atoms with Crippen LogP contribution in [0.1, 0.15) is 32.3 Å². The van der Waals surface area contributed by atoms with E-state index in [1.807, 2.05) is 39.1 Å². The minimum atomic E-state index is 0.0476. The van der Waals surface area contributed by atoms with Crippen molar-refractivity contribution in [1.82, 2.24) is 19.9 Å². The summed E-state index contributed by atoms with van der Waals surface area (Å²) in [6, 6.07) is 4.16. The summed E-state index contributed by atoms with van der Waals surface area (Å²) in [7, 11) is 0. The van der Waals surface area contributed by atoms with E-state index in [4.69, 9.17) is 0 Å². The molecule has 0 spiro atoms. The van der Waals surface area contributed by atoms with Gasteiger partial charge in [-0.25, -0.2) is 4.52 Å². The second kappa shape index (κ2) is 6.36. The zero-order chi connectivity index (χ0) is 14.5. The maximum Gasteiger partial charge on any atom is 0.243 e. The number of aryl methyl sites for hydroxylation is 1. The van der Waals surface area contributed by atoms with Gasteiger partial charge in [-0.15, -0.1) is 5.10 Å². The molecule has 20 heavy (non-hydrogen) atoms. The van der Waals surface area contributed by atoms with Crippen LogP contribution in [-0.2, 0) is 4.79 Å². The van der Waals surface area contributed by atoms with Crippen molar-refractivity contribution < 1.29 is 4.79 Å². The summed E-state index contributed by atoms with van der Waals surface area (Å²) in [5, 5.41) is 10.3. The number of amides is 1. The van der Waals surface area contributed by atoms with Gasteiger partial charge in [-0.1, -0.05) is 6.92 Å². The topological polar surface area (TPSA) is 71.3 Å². The predicted octanol–water partition coefficient (Wildman–Crippen LogP) is 1.75. The molecule has 0 aliphatic heterocycles. The first-order chi connectivity index (χ1) is 9.58. The Hall–Kier alpha value is -2.11. The number of hydrogen-bond acceptors (Lipinski definition) is 4. The number of nitrogens with zero attached hydrogens (tertiary/aromatic N) is 3. The van der Waals surface area contributed by atoms with Gasteiger partial charge >= 0.3 is 0 Å². The number of carbonyl (C=O) groups is 1. The molecule has 0 bridgehead atoms. The third-order valence-electron chi connectivity index (χ3n) is 3.15. The summed E-state index contributed by atoms with van der Waals surface area (Å²) >= 11 is 0. The molecule has 2 N–H and O–H groups in total. The van der Waals surface area contributed by atoms with Crippen LogP contribution in [-0.4, -0.2) is 33.1 Å². The molecule has 0 saturated heterocycles. The molecule has 2 aromatic rings. The molecule has 108 valence electrons. The summed E-state index contributed by atoms with van der Waals surface area (Å²) in [6.07, 6.45) is 3.23. The highest BCUT2D eigenvalue weighted by molar-refractivity contribution is 5.76. The predicted molar refractivity (Wildman–Crippen MR) is 78.7 cm³/mol. The van der Waals surface area contributed by atoms with Crippen molar-refractivity contribution in [3.63, 3.8) is 0 Å². The van der Waals surface area contributed by atoms with E-state index < -0.39 is 0 Å². The van der Waals surface area contributed by atoms with E-state index in [0.29, 0.717) is 18.9 Å².